The molecular formula is C23H19F3O5. The van der Waals surface area contributed by atoms with E-state index in [2.05, 4.69) is 29.7 Å². The zero-order chi connectivity index (χ0) is 22.7. The molecule has 0 aliphatic carbocycles. The minimum atomic E-state index is -4.87. The zero-order valence-electron chi connectivity index (χ0n) is 16.4. The van der Waals surface area contributed by atoms with Gasteiger partial charge < -0.3 is 18.9 Å². The second-order valence-electron chi connectivity index (χ2n) is 5.94. The van der Waals surface area contributed by atoms with E-state index < -0.39 is 18.1 Å². The van der Waals surface area contributed by atoms with Gasteiger partial charge in [0.15, 0.2) is 6.79 Å². The van der Waals surface area contributed by atoms with Gasteiger partial charge >= 0.3 is 12.3 Å². The molecule has 0 fully saturated rings. The van der Waals surface area contributed by atoms with E-state index in [-0.39, 0.29) is 25.6 Å². The highest BCUT2D eigenvalue weighted by molar-refractivity contribution is 5.81. The molecule has 0 N–H and O–H groups in total. The predicted molar refractivity (Wildman–Crippen MR) is 106 cm³/mol. The van der Waals surface area contributed by atoms with Gasteiger partial charge in [0, 0.05) is 11.6 Å². The fourth-order valence-corrected chi connectivity index (χ4v) is 2.26. The summed E-state index contributed by atoms with van der Waals surface area (Å²) in [5.41, 5.74) is 1.81. The molecule has 0 aromatic heterocycles. The van der Waals surface area contributed by atoms with Crippen LogP contribution in [0.15, 0.2) is 68.0 Å². The number of carbonyl (C=O) groups is 1. The van der Waals surface area contributed by atoms with Crippen LogP contribution >= 0.6 is 0 Å². The summed E-state index contributed by atoms with van der Waals surface area (Å²) in [5, 5.41) is 0. The molecule has 0 amide bonds. The molecular weight excluding hydrogens is 413 g/mol. The lowest BCUT2D eigenvalue weighted by atomic mass is 10.1. The molecule has 0 saturated heterocycles. The third kappa shape index (κ3) is 8.68. The Hall–Kier alpha value is -3.70. The maximum absolute atomic E-state index is 12.8. The average molecular weight is 432 g/mol. The van der Waals surface area contributed by atoms with Crippen LogP contribution in [0.5, 0.6) is 5.75 Å². The van der Waals surface area contributed by atoms with Gasteiger partial charge in [-0.3, -0.25) is 0 Å². The smallest absolute Gasteiger partial charge is 0.476 e. The molecule has 0 unspecified atom stereocenters. The summed E-state index contributed by atoms with van der Waals surface area (Å²) in [5.74, 6) is 4.50. The van der Waals surface area contributed by atoms with Gasteiger partial charge in [0.1, 0.15) is 12.4 Å². The SMILES string of the molecule is C=COCOCc1ccc(C#Cc2ccc(COC(=O)C=C)cc2)c(OC(F)(F)F)c1. The van der Waals surface area contributed by atoms with Crippen LogP contribution in [0.2, 0.25) is 0 Å². The number of hydrogen-bond acceptors (Lipinski definition) is 5. The van der Waals surface area contributed by atoms with Crippen molar-refractivity contribution in [2.75, 3.05) is 6.79 Å². The van der Waals surface area contributed by atoms with E-state index in [1.54, 1.807) is 30.3 Å². The zero-order valence-corrected chi connectivity index (χ0v) is 16.4. The number of alkyl halides is 3. The van der Waals surface area contributed by atoms with Crippen molar-refractivity contribution in [1.29, 1.82) is 0 Å². The number of benzene rings is 2. The van der Waals surface area contributed by atoms with Crippen LogP contribution in [0.3, 0.4) is 0 Å². The summed E-state index contributed by atoms with van der Waals surface area (Å²) in [7, 11) is 0. The van der Waals surface area contributed by atoms with Crippen molar-refractivity contribution in [3.63, 3.8) is 0 Å². The molecule has 0 radical (unpaired) electrons. The van der Waals surface area contributed by atoms with E-state index in [1.165, 1.54) is 18.4 Å². The Labute approximate surface area is 177 Å². The maximum atomic E-state index is 12.8. The Morgan fingerprint density at radius 1 is 1.00 bits per heavy atom. The van der Waals surface area contributed by atoms with Gasteiger partial charge in [-0.1, -0.05) is 43.2 Å². The van der Waals surface area contributed by atoms with Gasteiger partial charge in [0.05, 0.1) is 18.4 Å². The molecule has 2 rings (SSSR count). The first-order chi connectivity index (χ1) is 14.8. The number of rotatable bonds is 9. The van der Waals surface area contributed by atoms with Crippen LogP contribution in [-0.4, -0.2) is 19.1 Å². The van der Waals surface area contributed by atoms with Crippen molar-refractivity contribution >= 4 is 5.97 Å². The molecule has 31 heavy (non-hydrogen) atoms. The Morgan fingerprint density at radius 3 is 2.35 bits per heavy atom. The minimum Gasteiger partial charge on any atom is -0.476 e. The molecule has 0 aliphatic rings. The molecule has 2 aromatic carbocycles. The van der Waals surface area contributed by atoms with Crippen molar-refractivity contribution in [3.05, 3.63) is 90.2 Å². The second kappa shape index (κ2) is 11.5. The molecule has 0 bridgehead atoms. The lowest BCUT2D eigenvalue weighted by Crippen LogP contribution is -2.18. The van der Waals surface area contributed by atoms with Gasteiger partial charge in [0.2, 0.25) is 0 Å². The normalized spacial score (nSPS) is 10.4. The largest absolute Gasteiger partial charge is 0.573 e. The number of halogens is 3. The Morgan fingerprint density at radius 2 is 1.71 bits per heavy atom. The summed E-state index contributed by atoms with van der Waals surface area (Å²) in [6, 6.07) is 10.9. The molecule has 0 heterocycles. The molecule has 0 atom stereocenters. The van der Waals surface area contributed by atoms with Gasteiger partial charge in [-0.2, -0.15) is 0 Å². The maximum Gasteiger partial charge on any atom is 0.573 e. The van der Waals surface area contributed by atoms with Gasteiger partial charge in [-0.25, -0.2) is 4.79 Å². The van der Waals surface area contributed by atoms with E-state index in [0.717, 1.165) is 11.6 Å². The summed E-state index contributed by atoms with van der Waals surface area (Å²) >= 11 is 0. The van der Waals surface area contributed by atoms with E-state index in [9.17, 15) is 18.0 Å². The predicted octanol–water partition coefficient (Wildman–Crippen LogP) is 4.85. The van der Waals surface area contributed by atoms with Crippen molar-refractivity contribution in [2.45, 2.75) is 19.6 Å². The van der Waals surface area contributed by atoms with E-state index in [1.807, 2.05) is 0 Å². The van der Waals surface area contributed by atoms with Gasteiger partial charge in [-0.15, -0.1) is 13.2 Å². The summed E-state index contributed by atoms with van der Waals surface area (Å²) in [6.07, 6.45) is -2.61. The van der Waals surface area contributed by atoms with Crippen LogP contribution in [0.1, 0.15) is 22.3 Å². The van der Waals surface area contributed by atoms with Crippen LogP contribution in [0.25, 0.3) is 0 Å². The number of esters is 1. The van der Waals surface area contributed by atoms with E-state index in [4.69, 9.17) is 14.2 Å². The first-order valence-electron chi connectivity index (χ1n) is 8.90. The van der Waals surface area contributed by atoms with Crippen LogP contribution in [0.4, 0.5) is 13.2 Å². The first kappa shape index (κ1) is 23.6. The monoisotopic (exact) mass is 432 g/mol. The Balaban J connectivity index is 2.15. The van der Waals surface area contributed by atoms with Crippen LogP contribution in [0, 0.1) is 11.8 Å². The lowest BCUT2D eigenvalue weighted by Gasteiger charge is -2.12. The standard InChI is InChI=1S/C23H19F3O5/c1-3-22(27)30-15-18-7-5-17(6-8-18)9-11-20-12-10-19(14-29-16-28-4-2)13-21(20)31-23(24,25)26/h3-8,10,12-13H,1-2,14-16H2. The van der Waals surface area contributed by atoms with Gasteiger partial charge in [-0.05, 0) is 35.4 Å². The van der Waals surface area contributed by atoms with E-state index >= 15 is 0 Å². The molecule has 5 nitrogen and oxygen atoms in total. The third-order valence-electron chi connectivity index (χ3n) is 3.65. The van der Waals surface area contributed by atoms with E-state index in [0.29, 0.717) is 11.1 Å². The number of hydrogen-bond donors (Lipinski definition) is 0. The molecule has 0 spiro atoms. The fourth-order valence-electron chi connectivity index (χ4n) is 2.26. The molecule has 8 heteroatoms. The van der Waals surface area contributed by atoms with Crippen LogP contribution < -0.4 is 4.74 Å². The molecule has 0 aliphatic heterocycles. The molecule has 162 valence electrons. The highest BCUT2D eigenvalue weighted by atomic mass is 19.4. The summed E-state index contributed by atoms with van der Waals surface area (Å²) in [4.78, 5) is 11.1. The average Bonchev–Trinajstić information content (AvgIpc) is 2.74. The highest BCUT2D eigenvalue weighted by Crippen LogP contribution is 2.27. The van der Waals surface area contributed by atoms with Crippen molar-refractivity contribution < 1.29 is 36.9 Å². The second-order valence-corrected chi connectivity index (χ2v) is 5.94. The highest BCUT2D eigenvalue weighted by Gasteiger charge is 2.32. The third-order valence-corrected chi connectivity index (χ3v) is 3.65. The Bertz CT molecular complexity index is 969. The first-order valence-corrected chi connectivity index (χ1v) is 8.90. The topological polar surface area (TPSA) is 54.0 Å². The fraction of sp³-hybridized carbons (Fsp3) is 0.174. The summed E-state index contributed by atoms with van der Waals surface area (Å²) < 4.78 is 57.4. The van der Waals surface area contributed by atoms with Crippen molar-refractivity contribution in [2.24, 2.45) is 0 Å². The number of carbonyl (C=O) groups excluding carboxylic acids is 1. The van der Waals surface area contributed by atoms with Crippen LogP contribution in [-0.2, 0) is 32.2 Å². The Kier molecular flexibility index (Phi) is 8.73. The quantitative estimate of drug-likeness (QED) is 0.142. The lowest BCUT2D eigenvalue weighted by molar-refractivity contribution is -0.274. The van der Waals surface area contributed by atoms with Crippen molar-refractivity contribution in [1.82, 2.24) is 0 Å². The molecule has 0 saturated carbocycles. The number of ether oxygens (including phenoxy) is 4. The summed E-state index contributed by atoms with van der Waals surface area (Å²) in [6.45, 7) is 6.68. The minimum absolute atomic E-state index is 0.0215. The van der Waals surface area contributed by atoms with Crippen molar-refractivity contribution in [3.8, 4) is 17.6 Å². The van der Waals surface area contributed by atoms with Gasteiger partial charge in [0.25, 0.3) is 0 Å². The molecule has 2 aromatic rings.